The lowest BCUT2D eigenvalue weighted by atomic mass is 10.1. The van der Waals surface area contributed by atoms with Crippen LogP contribution in [0, 0.1) is 0 Å². The minimum absolute atomic E-state index is 0.178. The molecule has 2 heterocycles. The number of rotatable bonds is 3. The zero-order valence-electron chi connectivity index (χ0n) is 12.0. The maximum Gasteiger partial charge on any atom is 0.255 e. The van der Waals surface area contributed by atoms with Crippen molar-refractivity contribution in [2.45, 2.75) is 0 Å². The molecule has 0 aliphatic carbocycles. The first-order valence-corrected chi connectivity index (χ1v) is 7.88. The lowest BCUT2D eigenvalue weighted by Gasteiger charge is -2.07. The number of carbonyl (C=O) groups excluding carboxylic acids is 1. The van der Waals surface area contributed by atoms with Crippen LogP contribution in [0.15, 0.2) is 54.0 Å². The van der Waals surface area contributed by atoms with Crippen LogP contribution in [0.5, 0.6) is 11.5 Å². The molecule has 1 aliphatic rings. The van der Waals surface area contributed by atoms with Gasteiger partial charge in [-0.2, -0.15) is 0 Å². The molecule has 0 fully saturated rings. The van der Waals surface area contributed by atoms with E-state index in [9.17, 15) is 4.79 Å². The van der Waals surface area contributed by atoms with Gasteiger partial charge in [0.1, 0.15) is 5.01 Å². The maximum absolute atomic E-state index is 12.4. The first kappa shape index (κ1) is 13.8. The number of ether oxygens (including phenoxy) is 2. The second-order valence-electron chi connectivity index (χ2n) is 4.94. The summed E-state index contributed by atoms with van der Waals surface area (Å²) in [4.78, 5) is 16.7. The van der Waals surface area contributed by atoms with Crippen LogP contribution >= 0.6 is 11.3 Å². The van der Waals surface area contributed by atoms with E-state index >= 15 is 0 Å². The van der Waals surface area contributed by atoms with Crippen molar-refractivity contribution in [2.75, 3.05) is 12.1 Å². The van der Waals surface area contributed by atoms with E-state index in [4.69, 9.17) is 9.47 Å². The average Bonchev–Trinajstić information content (AvgIpc) is 3.26. The fourth-order valence-electron chi connectivity index (χ4n) is 2.34. The molecule has 3 aromatic rings. The van der Waals surface area contributed by atoms with Crippen LogP contribution in [0.3, 0.4) is 0 Å². The highest BCUT2D eigenvalue weighted by atomic mass is 32.1. The molecule has 0 saturated carbocycles. The summed E-state index contributed by atoms with van der Waals surface area (Å²) in [6, 6.07) is 12.7. The van der Waals surface area contributed by atoms with Crippen molar-refractivity contribution in [2.24, 2.45) is 0 Å². The van der Waals surface area contributed by atoms with Gasteiger partial charge in [0, 0.05) is 34.5 Å². The molecule has 1 aromatic heterocycles. The average molecular weight is 324 g/mol. The number of amides is 1. The van der Waals surface area contributed by atoms with Crippen LogP contribution in [0.1, 0.15) is 10.4 Å². The number of thiazole rings is 1. The Balaban J connectivity index is 1.56. The molecule has 114 valence electrons. The molecular formula is C17H12N2O3S. The topological polar surface area (TPSA) is 60.5 Å². The monoisotopic (exact) mass is 324 g/mol. The molecule has 5 nitrogen and oxygen atoms in total. The molecular weight excluding hydrogens is 312 g/mol. The fourth-order valence-corrected chi connectivity index (χ4v) is 2.97. The lowest BCUT2D eigenvalue weighted by molar-refractivity contribution is 0.102. The number of aromatic nitrogens is 1. The second-order valence-corrected chi connectivity index (χ2v) is 5.83. The summed E-state index contributed by atoms with van der Waals surface area (Å²) in [5.41, 5.74) is 2.17. The summed E-state index contributed by atoms with van der Waals surface area (Å²) in [7, 11) is 0. The number of hydrogen-bond donors (Lipinski definition) is 1. The van der Waals surface area contributed by atoms with Crippen LogP contribution in [0.25, 0.3) is 10.6 Å². The van der Waals surface area contributed by atoms with Gasteiger partial charge in [0.05, 0.1) is 0 Å². The highest BCUT2D eigenvalue weighted by molar-refractivity contribution is 7.13. The van der Waals surface area contributed by atoms with Gasteiger partial charge >= 0.3 is 0 Å². The maximum atomic E-state index is 12.4. The quantitative estimate of drug-likeness (QED) is 0.796. The van der Waals surface area contributed by atoms with Gasteiger partial charge in [-0.05, 0) is 24.3 Å². The number of benzene rings is 2. The zero-order valence-corrected chi connectivity index (χ0v) is 12.8. The van der Waals surface area contributed by atoms with E-state index in [1.165, 1.54) is 0 Å². The van der Waals surface area contributed by atoms with E-state index < -0.39 is 0 Å². The van der Waals surface area contributed by atoms with Gasteiger partial charge in [0.2, 0.25) is 6.79 Å². The standard InChI is InChI=1S/C17H12N2O3S/c20-16(19-13-4-5-14-15(9-13)22-10-21-14)11-2-1-3-12(8-11)17-18-6-7-23-17/h1-9H,10H2,(H,19,20). The van der Waals surface area contributed by atoms with E-state index in [0.717, 1.165) is 10.6 Å². The molecule has 4 rings (SSSR count). The van der Waals surface area contributed by atoms with Crippen molar-refractivity contribution in [3.63, 3.8) is 0 Å². The fraction of sp³-hybridized carbons (Fsp3) is 0.0588. The van der Waals surface area contributed by atoms with Gasteiger partial charge in [0.25, 0.3) is 5.91 Å². The van der Waals surface area contributed by atoms with Crippen LogP contribution < -0.4 is 14.8 Å². The van der Waals surface area contributed by atoms with Crippen molar-refractivity contribution in [1.29, 1.82) is 0 Å². The Bertz CT molecular complexity index is 862. The number of nitrogens with one attached hydrogen (secondary N) is 1. The summed E-state index contributed by atoms with van der Waals surface area (Å²) < 4.78 is 10.6. The third-order valence-electron chi connectivity index (χ3n) is 3.43. The van der Waals surface area contributed by atoms with Crippen LogP contribution in [-0.4, -0.2) is 17.7 Å². The Labute approximate surface area is 136 Å². The van der Waals surface area contributed by atoms with E-state index in [2.05, 4.69) is 10.3 Å². The Morgan fingerprint density at radius 3 is 2.91 bits per heavy atom. The number of anilines is 1. The number of hydrogen-bond acceptors (Lipinski definition) is 5. The molecule has 0 atom stereocenters. The van der Waals surface area contributed by atoms with Crippen LogP contribution in [0.2, 0.25) is 0 Å². The van der Waals surface area contributed by atoms with Gasteiger partial charge in [-0.25, -0.2) is 4.98 Å². The predicted octanol–water partition coefficient (Wildman–Crippen LogP) is 3.79. The number of nitrogens with zero attached hydrogens (tertiary/aromatic N) is 1. The molecule has 0 unspecified atom stereocenters. The highest BCUT2D eigenvalue weighted by Crippen LogP contribution is 2.34. The smallest absolute Gasteiger partial charge is 0.255 e. The molecule has 2 aromatic carbocycles. The minimum Gasteiger partial charge on any atom is -0.454 e. The zero-order chi connectivity index (χ0) is 15.6. The molecule has 0 spiro atoms. The summed E-state index contributed by atoms with van der Waals surface area (Å²) in [5.74, 6) is 1.15. The number of fused-ring (bicyclic) bond motifs is 1. The molecule has 0 radical (unpaired) electrons. The van der Waals surface area contributed by atoms with Gasteiger partial charge < -0.3 is 14.8 Å². The Morgan fingerprint density at radius 1 is 1.13 bits per heavy atom. The van der Waals surface area contributed by atoms with E-state index in [0.29, 0.717) is 22.7 Å². The SMILES string of the molecule is O=C(Nc1ccc2c(c1)OCO2)c1cccc(-c2nccs2)c1. The van der Waals surface area contributed by atoms with E-state index in [1.54, 1.807) is 41.8 Å². The third-order valence-corrected chi connectivity index (χ3v) is 4.26. The van der Waals surface area contributed by atoms with Crippen LogP contribution in [-0.2, 0) is 0 Å². The Morgan fingerprint density at radius 2 is 2.04 bits per heavy atom. The first-order valence-electron chi connectivity index (χ1n) is 7.00. The van der Waals surface area contributed by atoms with Crippen molar-refractivity contribution >= 4 is 22.9 Å². The lowest BCUT2D eigenvalue weighted by Crippen LogP contribution is -2.11. The molecule has 23 heavy (non-hydrogen) atoms. The predicted molar refractivity (Wildman–Crippen MR) is 88.1 cm³/mol. The minimum atomic E-state index is -0.178. The Hall–Kier alpha value is -2.86. The normalized spacial score (nSPS) is 12.2. The van der Waals surface area contributed by atoms with E-state index in [-0.39, 0.29) is 12.7 Å². The summed E-state index contributed by atoms with van der Waals surface area (Å²) >= 11 is 1.54. The van der Waals surface area contributed by atoms with Gasteiger partial charge in [0.15, 0.2) is 11.5 Å². The molecule has 1 N–H and O–H groups in total. The molecule has 1 aliphatic heterocycles. The largest absolute Gasteiger partial charge is 0.454 e. The molecule has 6 heteroatoms. The highest BCUT2D eigenvalue weighted by Gasteiger charge is 2.15. The van der Waals surface area contributed by atoms with Crippen LogP contribution in [0.4, 0.5) is 5.69 Å². The van der Waals surface area contributed by atoms with Gasteiger partial charge in [-0.15, -0.1) is 11.3 Å². The molecule has 0 saturated heterocycles. The van der Waals surface area contributed by atoms with Gasteiger partial charge in [-0.1, -0.05) is 12.1 Å². The van der Waals surface area contributed by atoms with E-state index in [1.807, 2.05) is 23.6 Å². The number of carbonyl (C=O) groups is 1. The van der Waals surface area contributed by atoms with Gasteiger partial charge in [-0.3, -0.25) is 4.79 Å². The first-order chi connectivity index (χ1) is 11.3. The molecule has 1 amide bonds. The third kappa shape index (κ3) is 2.76. The van der Waals surface area contributed by atoms with Crippen molar-refractivity contribution < 1.29 is 14.3 Å². The second kappa shape index (κ2) is 5.73. The van der Waals surface area contributed by atoms with Crippen molar-refractivity contribution in [1.82, 2.24) is 4.98 Å². The van der Waals surface area contributed by atoms with Crippen molar-refractivity contribution in [3.8, 4) is 22.1 Å². The van der Waals surface area contributed by atoms with Crippen molar-refractivity contribution in [3.05, 3.63) is 59.6 Å². The Kier molecular flexibility index (Phi) is 3.44. The molecule has 0 bridgehead atoms. The summed E-state index contributed by atoms with van der Waals surface area (Å²) in [5, 5.41) is 5.67. The summed E-state index contributed by atoms with van der Waals surface area (Å²) in [6.07, 6.45) is 1.75. The summed E-state index contributed by atoms with van der Waals surface area (Å²) in [6.45, 7) is 0.211.